The second-order valence-corrected chi connectivity index (χ2v) is 7.90. The molecule has 0 saturated heterocycles. The van der Waals surface area contributed by atoms with Gasteiger partial charge in [-0.15, -0.1) is 0 Å². The topological polar surface area (TPSA) is 81.4 Å². The molecule has 0 bridgehead atoms. The highest BCUT2D eigenvalue weighted by Crippen LogP contribution is 2.28. The first-order chi connectivity index (χ1) is 12.1. The van der Waals surface area contributed by atoms with E-state index in [-0.39, 0.29) is 11.9 Å². The van der Waals surface area contributed by atoms with Crippen molar-refractivity contribution < 1.29 is 14.3 Å². The summed E-state index contributed by atoms with van der Waals surface area (Å²) < 4.78 is 5.18. The van der Waals surface area contributed by atoms with Gasteiger partial charge < -0.3 is 15.8 Å². The van der Waals surface area contributed by atoms with Gasteiger partial charge in [-0.05, 0) is 31.6 Å². The Balaban J connectivity index is 1.86. The molecule has 5 nitrogen and oxygen atoms in total. The molecule has 144 valence electrons. The zero-order valence-corrected chi connectivity index (χ0v) is 15.8. The lowest BCUT2D eigenvalue weighted by atomic mass is 9.84. The van der Waals surface area contributed by atoms with Crippen LogP contribution in [0.1, 0.15) is 84.0 Å². The molecule has 2 rings (SSSR count). The van der Waals surface area contributed by atoms with Crippen molar-refractivity contribution in [2.45, 2.75) is 96.1 Å². The maximum atomic E-state index is 12.5. The summed E-state index contributed by atoms with van der Waals surface area (Å²) in [5.41, 5.74) is 6.14. The fourth-order valence-corrected chi connectivity index (χ4v) is 4.38. The van der Waals surface area contributed by atoms with Gasteiger partial charge in [-0.25, -0.2) is 4.79 Å². The third-order valence-corrected chi connectivity index (χ3v) is 5.83. The third-order valence-electron chi connectivity index (χ3n) is 5.83. The Morgan fingerprint density at radius 2 is 1.48 bits per heavy atom. The molecule has 1 amide bonds. The molecule has 0 aliphatic heterocycles. The van der Waals surface area contributed by atoms with Crippen LogP contribution in [0.2, 0.25) is 0 Å². The number of ether oxygens (including phenoxy) is 1. The molecule has 0 aromatic rings. The minimum atomic E-state index is -0.548. The monoisotopic (exact) mass is 352 g/mol. The van der Waals surface area contributed by atoms with E-state index in [2.05, 4.69) is 5.32 Å². The Morgan fingerprint density at radius 3 is 2.00 bits per heavy atom. The molecule has 0 aromatic heterocycles. The Bertz CT molecular complexity index is 415. The highest BCUT2D eigenvalue weighted by molar-refractivity contribution is 5.87. The lowest BCUT2D eigenvalue weighted by molar-refractivity contribution is -0.148. The molecule has 2 aliphatic carbocycles. The van der Waals surface area contributed by atoms with Gasteiger partial charge in [0.05, 0.1) is 12.6 Å². The summed E-state index contributed by atoms with van der Waals surface area (Å²) in [7, 11) is 0. The Kier molecular flexibility index (Phi) is 8.73. The second-order valence-electron chi connectivity index (χ2n) is 7.90. The van der Waals surface area contributed by atoms with Crippen LogP contribution in [0, 0.1) is 11.8 Å². The van der Waals surface area contributed by atoms with Gasteiger partial charge in [0.15, 0.2) is 0 Å². The molecule has 0 unspecified atom stereocenters. The van der Waals surface area contributed by atoms with Gasteiger partial charge in [0.1, 0.15) is 6.04 Å². The largest absolute Gasteiger partial charge is 0.464 e. The number of hydrogen-bond donors (Lipinski definition) is 2. The number of nitrogens with two attached hydrogens (primary N) is 1. The average Bonchev–Trinajstić information content (AvgIpc) is 2.63. The van der Waals surface area contributed by atoms with E-state index < -0.39 is 12.1 Å². The summed E-state index contributed by atoms with van der Waals surface area (Å²) in [5.74, 6) is 0.539. The molecule has 2 atom stereocenters. The quantitative estimate of drug-likeness (QED) is 0.657. The molecule has 0 aromatic carbocycles. The fraction of sp³-hybridized carbons (Fsp3) is 0.900. The normalized spacial score (nSPS) is 22.2. The van der Waals surface area contributed by atoms with Gasteiger partial charge in [0, 0.05) is 0 Å². The van der Waals surface area contributed by atoms with E-state index in [0.717, 1.165) is 19.3 Å². The van der Waals surface area contributed by atoms with Crippen LogP contribution in [0.25, 0.3) is 0 Å². The van der Waals surface area contributed by atoms with Crippen LogP contribution < -0.4 is 11.1 Å². The van der Waals surface area contributed by atoms with Crippen molar-refractivity contribution in [2.75, 3.05) is 6.61 Å². The van der Waals surface area contributed by atoms with Crippen molar-refractivity contribution in [2.24, 2.45) is 17.6 Å². The molecule has 25 heavy (non-hydrogen) atoms. The predicted molar refractivity (Wildman–Crippen MR) is 98.9 cm³/mol. The van der Waals surface area contributed by atoms with Crippen LogP contribution in [-0.4, -0.2) is 30.6 Å². The molecule has 2 saturated carbocycles. The molecule has 2 fully saturated rings. The maximum absolute atomic E-state index is 12.5. The highest BCUT2D eigenvalue weighted by Gasteiger charge is 2.29. The molecule has 2 aliphatic rings. The van der Waals surface area contributed by atoms with Crippen molar-refractivity contribution >= 4 is 11.9 Å². The average molecular weight is 353 g/mol. The number of rotatable bonds is 8. The van der Waals surface area contributed by atoms with Gasteiger partial charge in [0.25, 0.3) is 0 Å². The Morgan fingerprint density at radius 1 is 0.960 bits per heavy atom. The molecule has 0 radical (unpaired) electrons. The molecular weight excluding hydrogens is 316 g/mol. The van der Waals surface area contributed by atoms with Crippen LogP contribution in [0.3, 0.4) is 0 Å². The standard InChI is InChI=1S/C20H36N2O3/c1-2-25-20(24)18(14-16-11-7-4-8-12-16)22-19(23)17(21)13-15-9-5-3-6-10-15/h15-18H,2-14,21H2,1H3,(H,22,23)/t17-,18+/m0/s1. The summed E-state index contributed by atoms with van der Waals surface area (Å²) in [6.45, 7) is 2.14. The van der Waals surface area contributed by atoms with Gasteiger partial charge in [-0.3, -0.25) is 4.79 Å². The summed E-state index contributed by atoms with van der Waals surface area (Å²) >= 11 is 0. The fourth-order valence-electron chi connectivity index (χ4n) is 4.38. The maximum Gasteiger partial charge on any atom is 0.328 e. The van der Waals surface area contributed by atoms with Crippen molar-refractivity contribution in [3.63, 3.8) is 0 Å². The second kappa shape index (κ2) is 10.8. The van der Waals surface area contributed by atoms with E-state index in [0.29, 0.717) is 24.9 Å². The van der Waals surface area contributed by atoms with Crippen LogP contribution in [-0.2, 0) is 14.3 Å². The lowest BCUT2D eigenvalue weighted by Crippen LogP contribution is -2.50. The molecule has 5 heteroatoms. The number of esters is 1. The van der Waals surface area contributed by atoms with Gasteiger partial charge in [0.2, 0.25) is 5.91 Å². The van der Waals surface area contributed by atoms with E-state index in [1.54, 1.807) is 6.92 Å². The van der Waals surface area contributed by atoms with Crippen LogP contribution >= 0.6 is 0 Å². The predicted octanol–water partition coefficient (Wildman–Crippen LogP) is 3.30. The molecule has 3 N–H and O–H groups in total. The van der Waals surface area contributed by atoms with Crippen LogP contribution in [0.15, 0.2) is 0 Å². The van der Waals surface area contributed by atoms with Crippen molar-refractivity contribution in [1.82, 2.24) is 5.32 Å². The first kappa shape index (κ1) is 20.2. The first-order valence-electron chi connectivity index (χ1n) is 10.3. The van der Waals surface area contributed by atoms with E-state index in [1.165, 1.54) is 51.4 Å². The zero-order chi connectivity index (χ0) is 18.1. The number of carbonyl (C=O) groups excluding carboxylic acids is 2. The smallest absolute Gasteiger partial charge is 0.328 e. The minimum absolute atomic E-state index is 0.195. The van der Waals surface area contributed by atoms with Gasteiger partial charge >= 0.3 is 5.97 Å². The number of hydrogen-bond acceptors (Lipinski definition) is 4. The zero-order valence-electron chi connectivity index (χ0n) is 15.8. The SMILES string of the molecule is CCOC(=O)[C@@H](CC1CCCCC1)NC(=O)[C@@H](N)CC1CCCCC1. The number of carbonyl (C=O) groups is 2. The van der Waals surface area contributed by atoms with Crippen molar-refractivity contribution in [3.8, 4) is 0 Å². The Labute approximate surface area is 152 Å². The van der Waals surface area contributed by atoms with Gasteiger partial charge in [-0.2, -0.15) is 0 Å². The molecule has 0 heterocycles. The third kappa shape index (κ3) is 6.96. The van der Waals surface area contributed by atoms with Crippen LogP contribution in [0.4, 0.5) is 0 Å². The minimum Gasteiger partial charge on any atom is -0.464 e. The first-order valence-corrected chi connectivity index (χ1v) is 10.3. The number of nitrogens with one attached hydrogen (secondary N) is 1. The van der Waals surface area contributed by atoms with Crippen molar-refractivity contribution in [3.05, 3.63) is 0 Å². The number of amides is 1. The summed E-state index contributed by atoms with van der Waals surface area (Å²) in [6.07, 6.45) is 13.5. The Hall–Kier alpha value is -1.10. The van der Waals surface area contributed by atoms with Crippen molar-refractivity contribution in [1.29, 1.82) is 0 Å². The molecule has 0 spiro atoms. The van der Waals surface area contributed by atoms with E-state index in [1.807, 2.05) is 0 Å². The summed E-state index contributed by atoms with van der Waals surface area (Å²) in [4.78, 5) is 24.8. The van der Waals surface area contributed by atoms with Gasteiger partial charge in [-0.1, -0.05) is 64.2 Å². The molecular formula is C20H36N2O3. The lowest BCUT2D eigenvalue weighted by Gasteiger charge is -2.28. The highest BCUT2D eigenvalue weighted by atomic mass is 16.5. The van der Waals surface area contributed by atoms with E-state index >= 15 is 0 Å². The van der Waals surface area contributed by atoms with Crippen LogP contribution in [0.5, 0.6) is 0 Å². The van der Waals surface area contributed by atoms with E-state index in [4.69, 9.17) is 10.5 Å². The summed E-state index contributed by atoms with van der Waals surface area (Å²) in [5, 5.41) is 2.90. The summed E-state index contributed by atoms with van der Waals surface area (Å²) in [6, 6.07) is -1.07. The van der Waals surface area contributed by atoms with E-state index in [9.17, 15) is 9.59 Å².